The molecule has 0 fully saturated rings. The Bertz CT molecular complexity index is 900. The number of anilines is 1. The van der Waals surface area contributed by atoms with Gasteiger partial charge in [-0.05, 0) is 32.9 Å². The fourth-order valence-corrected chi connectivity index (χ4v) is 3.15. The van der Waals surface area contributed by atoms with E-state index in [-0.39, 0.29) is 22.6 Å². The summed E-state index contributed by atoms with van der Waals surface area (Å²) in [5.41, 5.74) is 1.16. The van der Waals surface area contributed by atoms with Crippen molar-refractivity contribution in [2.75, 3.05) is 5.32 Å². The molecule has 1 aromatic carbocycles. The summed E-state index contributed by atoms with van der Waals surface area (Å²) in [4.78, 5) is 16.4. The van der Waals surface area contributed by atoms with Crippen LogP contribution >= 0.6 is 11.3 Å². The Morgan fingerprint density at radius 2 is 2.04 bits per heavy atom. The Morgan fingerprint density at radius 3 is 2.74 bits per heavy atom. The molecule has 0 unspecified atom stereocenters. The highest BCUT2D eigenvalue weighted by atomic mass is 32.1. The van der Waals surface area contributed by atoms with E-state index in [1.165, 1.54) is 6.07 Å². The zero-order valence-electron chi connectivity index (χ0n) is 12.7. The van der Waals surface area contributed by atoms with Crippen molar-refractivity contribution in [1.29, 1.82) is 0 Å². The van der Waals surface area contributed by atoms with Crippen LogP contribution in [-0.2, 0) is 0 Å². The van der Waals surface area contributed by atoms with Crippen molar-refractivity contribution < 1.29 is 13.6 Å². The molecule has 0 atom stereocenters. The second-order valence-electron chi connectivity index (χ2n) is 5.42. The van der Waals surface area contributed by atoms with E-state index in [0.29, 0.717) is 10.4 Å². The summed E-state index contributed by atoms with van der Waals surface area (Å²) >= 11 is 1.02. The van der Waals surface area contributed by atoms with E-state index >= 15 is 0 Å². The van der Waals surface area contributed by atoms with Gasteiger partial charge in [-0.2, -0.15) is 5.10 Å². The van der Waals surface area contributed by atoms with Crippen molar-refractivity contribution >= 4 is 32.6 Å². The maximum absolute atomic E-state index is 13.7. The highest BCUT2D eigenvalue weighted by molar-refractivity contribution is 7.22. The fraction of sp³-hybridized carbons (Fsp3) is 0.267. The van der Waals surface area contributed by atoms with Crippen molar-refractivity contribution in [2.24, 2.45) is 0 Å². The molecule has 2 heterocycles. The maximum atomic E-state index is 13.7. The highest BCUT2D eigenvalue weighted by Gasteiger charge is 2.18. The Labute approximate surface area is 135 Å². The Morgan fingerprint density at radius 1 is 1.30 bits per heavy atom. The first-order valence-corrected chi connectivity index (χ1v) is 7.80. The van der Waals surface area contributed by atoms with E-state index in [4.69, 9.17) is 0 Å². The first-order valence-electron chi connectivity index (χ1n) is 6.98. The summed E-state index contributed by atoms with van der Waals surface area (Å²) < 4.78 is 28.8. The van der Waals surface area contributed by atoms with Crippen LogP contribution in [0.2, 0.25) is 0 Å². The number of rotatable bonds is 3. The molecule has 120 valence electrons. The number of carbonyl (C=O) groups excluding carboxylic acids is 1. The number of halogens is 2. The van der Waals surface area contributed by atoms with Crippen LogP contribution in [0.15, 0.2) is 18.2 Å². The second kappa shape index (κ2) is 5.69. The van der Waals surface area contributed by atoms with Gasteiger partial charge in [0.25, 0.3) is 5.91 Å². The predicted octanol–water partition coefficient (Wildman–Crippen LogP) is 3.91. The molecule has 0 spiro atoms. The molecule has 23 heavy (non-hydrogen) atoms. The predicted molar refractivity (Wildman–Crippen MR) is 84.8 cm³/mol. The zero-order chi connectivity index (χ0) is 16.7. The number of carbonyl (C=O) groups is 1. The van der Waals surface area contributed by atoms with Gasteiger partial charge in [-0.15, -0.1) is 0 Å². The molecule has 1 amide bonds. The third-order valence-electron chi connectivity index (χ3n) is 3.21. The number of amides is 1. The number of fused-ring (bicyclic) bond motifs is 1. The van der Waals surface area contributed by atoms with Crippen LogP contribution in [0.1, 0.15) is 36.1 Å². The molecule has 8 heteroatoms. The molecule has 3 rings (SSSR count). The number of nitrogens with zero attached hydrogens (tertiary/aromatic N) is 3. The molecular formula is C15H14F2N4OS. The third-order valence-corrected chi connectivity index (χ3v) is 4.13. The average molecular weight is 336 g/mol. The number of hydrogen-bond donors (Lipinski definition) is 1. The maximum Gasteiger partial charge on any atom is 0.275 e. The van der Waals surface area contributed by atoms with Crippen molar-refractivity contribution in [3.63, 3.8) is 0 Å². The lowest BCUT2D eigenvalue weighted by atomic mass is 10.3. The molecule has 2 aromatic heterocycles. The van der Waals surface area contributed by atoms with Crippen LogP contribution in [0.4, 0.5) is 13.9 Å². The van der Waals surface area contributed by atoms with E-state index in [2.05, 4.69) is 15.4 Å². The van der Waals surface area contributed by atoms with Gasteiger partial charge in [-0.3, -0.25) is 14.8 Å². The lowest BCUT2D eigenvalue weighted by Gasteiger charge is -2.09. The molecule has 0 aliphatic carbocycles. The minimum absolute atomic E-state index is 0.0198. The molecule has 3 aromatic rings. The molecule has 5 nitrogen and oxygen atoms in total. The fourth-order valence-electron chi connectivity index (χ4n) is 2.25. The number of nitrogens with one attached hydrogen (secondary N) is 1. The second-order valence-corrected chi connectivity index (χ2v) is 6.45. The standard InChI is InChI=1S/C15H14F2N4OS/c1-7(2)21-11(4-8(3)20-21)14(22)19-15-18-13-10(17)5-9(16)6-12(13)23-15/h4-7H,1-3H3,(H,18,19,22). The number of hydrogen-bond acceptors (Lipinski definition) is 4. The number of thiazole rings is 1. The largest absolute Gasteiger partial charge is 0.296 e. The van der Waals surface area contributed by atoms with Gasteiger partial charge in [0.15, 0.2) is 10.9 Å². The van der Waals surface area contributed by atoms with Gasteiger partial charge in [-0.1, -0.05) is 11.3 Å². The molecule has 0 radical (unpaired) electrons. The molecule has 0 saturated carbocycles. The third kappa shape index (κ3) is 2.94. The lowest BCUT2D eigenvalue weighted by molar-refractivity contribution is 0.101. The molecule has 0 aliphatic heterocycles. The molecule has 0 saturated heterocycles. The van der Waals surface area contributed by atoms with Gasteiger partial charge in [0.1, 0.15) is 17.0 Å². The minimum Gasteiger partial charge on any atom is -0.296 e. The van der Waals surface area contributed by atoms with Crippen LogP contribution in [0.25, 0.3) is 10.2 Å². The quantitative estimate of drug-likeness (QED) is 0.789. The molecule has 1 N–H and O–H groups in total. The van der Waals surface area contributed by atoms with Gasteiger partial charge in [-0.25, -0.2) is 13.8 Å². The van der Waals surface area contributed by atoms with E-state index in [0.717, 1.165) is 23.1 Å². The normalized spacial score (nSPS) is 11.4. The van der Waals surface area contributed by atoms with Crippen molar-refractivity contribution in [1.82, 2.24) is 14.8 Å². The van der Waals surface area contributed by atoms with Gasteiger partial charge in [0.2, 0.25) is 0 Å². The van der Waals surface area contributed by atoms with Crippen LogP contribution in [-0.4, -0.2) is 20.7 Å². The van der Waals surface area contributed by atoms with Crippen molar-refractivity contribution in [3.8, 4) is 0 Å². The smallest absolute Gasteiger partial charge is 0.275 e. The summed E-state index contributed by atoms with van der Waals surface area (Å²) in [5.74, 6) is -1.82. The number of aryl methyl sites for hydroxylation is 1. The average Bonchev–Trinajstić information content (AvgIpc) is 3.02. The summed E-state index contributed by atoms with van der Waals surface area (Å²) in [6, 6.07) is 3.65. The number of aromatic nitrogens is 3. The molecule has 0 bridgehead atoms. The highest BCUT2D eigenvalue weighted by Crippen LogP contribution is 2.29. The van der Waals surface area contributed by atoms with Crippen LogP contribution in [0, 0.1) is 18.6 Å². The number of benzene rings is 1. The van der Waals surface area contributed by atoms with Crippen LogP contribution in [0.5, 0.6) is 0 Å². The monoisotopic (exact) mass is 336 g/mol. The Kier molecular flexibility index (Phi) is 3.85. The van der Waals surface area contributed by atoms with E-state index < -0.39 is 11.6 Å². The van der Waals surface area contributed by atoms with Crippen molar-refractivity contribution in [3.05, 3.63) is 41.2 Å². The first kappa shape index (κ1) is 15.5. The first-order chi connectivity index (χ1) is 10.8. The SMILES string of the molecule is Cc1cc(C(=O)Nc2nc3c(F)cc(F)cc3s2)n(C(C)C)n1. The van der Waals surface area contributed by atoms with E-state index in [1.54, 1.807) is 17.7 Å². The summed E-state index contributed by atoms with van der Waals surface area (Å²) in [6.07, 6.45) is 0. The van der Waals surface area contributed by atoms with Crippen LogP contribution in [0.3, 0.4) is 0 Å². The summed E-state index contributed by atoms with van der Waals surface area (Å²) in [7, 11) is 0. The van der Waals surface area contributed by atoms with E-state index in [9.17, 15) is 13.6 Å². The van der Waals surface area contributed by atoms with Gasteiger partial charge in [0, 0.05) is 12.1 Å². The van der Waals surface area contributed by atoms with Crippen molar-refractivity contribution in [2.45, 2.75) is 26.8 Å². The lowest BCUT2D eigenvalue weighted by Crippen LogP contribution is -2.18. The van der Waals surface area contributed by atoms with Gasteiger partial charge < -0.3 is 0 Å². The van der Waals surface area contributed by atoms with Gasteiger partial charge >= 0.3 is 0 Å². The summed E-state index contributed by atoms with van der Waals surface area (Å²) in [5, 5.41) is 7.10. The topological polar surface area (TPSA) is 59.8 Å². The molecule has 0 aliphatic rings. The molecular weight excluding hydrogens is 322 g/mol. The van der Waals surface area contributed by atoms with E-state index in [1.807, 2.05) is 13.8 Å². The zero-order valence-corrected chi connectivity index (χ0v) is 13.5. The Hall–Kier alpha value is -2.35. The summed E-state index contributed by atoms with van der Waals surface area (Å²) in [6.45, 7) is 5.63. The van der Waals surface area contributed by atoms with Gasteiger partial charge in [0.05, 0.1) is 10.4 Å². The minimum atomic E-state index is -0.750. The van der Waals surface area contributed by atoms with Crippen LogP contribution < -0.4 is 5.32 Å². The Balaban J connectivity index is 1.93.